The Morgan fingerprint density at radius 1 is 1.22 bits per heavy atom. The van der Waals surface area contributed by atoms with E-state index in [1.165, 1.54) is 15.3 Å². The number of carbonyl (C=O) groups is 1. The van der Waals surface area contributed by atoms with E-state index in [0.717, 1.165) is 21.9 Å². The maximum atomic E-state index is 11.8. The highest BCUT2D eigenvalue weighted by atomic mass is 127. The zero-order valence-corrected chi connectivity index (χ0v) is 16.3. The second-order valence-corrected chi connectivity index (χ2v) is 7.46. The number of nitrogens with zero attached hydrogens (tertiary/aromatic N) is 1. The Hall–Kier alpha value is -1.05. The first-order chi connectivity index (χ1) is 11.1. The largest absolute Gasteiger partial charge is 0.272 e. The highest BCUT2D eigenvalue weighted by Crippen LogP contribution is 2.20. The molecule has 0 aliphatic heterocycles. The average molecular weight is 459 g/mol. The summed E-state index contributed by atoms with van der Waals surface area (Å²) in [6.07, 6.45) is 0. The zero-order chi connectivity index (χ0) is 16.7. The molecule has 120 valence electrons. The van der Waals surface area contributed by atoms with Gasteiger partial charge in [-0.25, -0.2) is 5.43 Å². The van der Waals surface area contributed by atoms with Crippen LogP contribution in [0, 0.1) is 3.57 Å². The first-order valence-electron chi connectivity index (χ1n) is 6.96. The molecule has 0 atom stereocenters. The molecule has 2 aromatic carbocycles. The van der Waals surface area contributed by atoms with Gasteiger partial charge in [-0.2, -0.15) is 5.10 Å². The van der Waals surface area contributed by atoms with E-state index in [0.29, 0.717) is 11.5 Å². The van der Waals surface area contributed by atoms with Crippen LogP contribution >= 0.6 is 46.0 Å². The van der Waals surface area contributed by atoms with E-state index in [1.54, 1.807) is 0 Å². The van der Waals surface area contributed by atoms with E-state index >= 15 is 0 Å². The molecule has 6 heteroatoms. The summed E-state index contributed by atoms with van der Waals surface area (Å²) < 4.78 is 1.17. The van der Waals surface area contributed by atoms with Gasteiger partial charge < -0.3 is 0 Å². The van der Waals surface area contributed by atoms with Crippen molar-refractivity contribution in [3.05, 3.63) is 68.3 Å². The summed E-state index contributed by atoms with van der Waals surface area (Å²) in [5, 5.41) is 4.87. The molecule has 0 bridgehead atoms. The Bertz CT molecular complexity index is 704. The van der Waals surface area contributed by atoms with Gasteiger partial charge in [0.1, 0.15) is 0 Å². The molecule has 0 saturated carbocycles. The van der Waals surface area contributed by atoms with Crippen LogP contribution in [0.15, 0.2) is 53.6 Å². The van der Waals surface area contributed by atoms with Crippen LogP contribution in [0.5, 0.6) is 0 Å². The summed E-state index contributed by atoms with van der Waals surface area (Å²) in [4.78, 5) is 11.8. The standard InChI is InChI=1S/C17H16ClIN2OS/c1-12(13-6-8-15(19)9-7-13)20-21-17(22)11-23-10-14-4-2-3-5-16(14)18/h2-9H,10-11H2,1H3,(H,21,22)/b20-12-. The predicted molar refractivity (Wildman–Crippen MR) is 107 cm³/mol. The molecule has 0 aromatic heterocycles. The van der Waals surface area contributed by atoms with Crippen molar-refractivity contribution in [2.24, 2.45) is 5.10 Å². The summed E-state index contributed by atoms with van der Waals surface area (Å²) in [5.41, 5.74) is 5.40. The molecule has 2 aromatic rings. The first kappa shape index (κ1) is 18.3. The van der Waals surface area contributed by atoms with Gasteiger partial charge in [0.25, 0.3) is 0 Å². The highest BCUT2D eigenvalue weighted by Gasteiger charge is 2.04. The van der Waals surface area contributed by atoms with Gasteiger partial charge in [-0.15, -0.1) is 11.8 Å². The maximum absolute atomic E-state index is 11.8. The number of thioether (sulfide) groups is 1. The summed E-state index contributed by atoms with van der Waals surface area (Å²) in [6.45, 7) is 1.87. The number of halogens is 2. The van der Waals surface area contributed by atoms with Gasteiger partial charge in [-0.1, -0.05) is 41.9 Å². The molecule has 0 heterocycles. The third kappa shape index (κ3) is 6.16. The second kappa shape index (κ2) is 9.30. The first-order valence-corrected chi connectivity index (χ1v) is 9.57. The van der Waals surface area contributed by atoms with Crippen molar-refractivity contribution in [3.8, 4) is 0 Å². The molecule has 1 N–H and O–H groups in total. The van der Waals surface area contributed by atoms with Crippen molar-refractivity contribution in [2.75, 3.05) is 5.75 Å². The van der Waals surface area contributed by atoms with Crippen LogP contribution in [0.25, 0.3) is 0 Å². The number of hydrazone groups is 1. The topological polar surface area (TPSA) is 41.5 Å². The number of benzene rings is 2. The Morgan fingerprint density at radius 3 is 2.61 bits per heavy atom. The Labute approximate surface area is 159 Å². The lowest BCUT2D eigenvalue weighted by atomic mass is 10.1. The quantitative estimate of drug-likeness (QED) is 0.387. The smallest absolute Gasteiger partial charge is 0.250 e. The number of rotatable bonds is 6. The lowest BCUT2D eigenvalue weighted by molar-refractivity contribution is -0.118. The van der Waals surface area contributed by atoms with E-state index in [9.17, 15) is 4.79 Å². The Balaban J connectivity index is 1.79. The van der Waals surface area contributed by atoms with Crippen LogP contribution in [0.2, 0.25) is 5.02 Å². The minimum Gasteiger partial charge on any atom is -0.272 e. The molecule has 0 aliphatic carbocycles. The zero-order valence-electron chi connectivity index (χ0n) is 12.6. The number of amides is 1. The molecule has 0 saturated heterocycles. The van der Waals surface area contributed by atoms with E-state index in [-0.39, 0.29) is 5.91 Å². The number of hydrogen-bond donors (Lipinski definition) is 1. The fourth-order valence-corrected chi connectivity index (χ4v) is 3.27. The van der Waals surface area contributed by atoms with Crippen LogP contribution < -0.4 is 5.43 Å². The third-order valence-corrected chi connectivity index (χ3v) is 5.13. The SMILES string of the molecule is C/C(=N/NC(=O)CSCc1ccccc1Cl)c1ccc(I)cc1. The molecular weight excluding hydrogens is 443 g/mol. The van der Waals surface area contributed by atoms with E-state index < -0.39 is 0 Å². The average Bonchev–Trinajstić information content (AvgIpc) is 2.55. The number of hydrogen-bond acceptors (Lipinski definition) is 3. The molecule has 0 fully saturated rings. The number of nitrogens with one attached hydrogen (secondary N) is 1. The van der Waals surface area contributed by atoms with Crippen molar-refractivity contribution >= 4 is 57.6 Å². The fraction of sp³-hybridized carbons (Fsp3) is 0.176. The van der Waals surface area contributed by atoms with Crippen LogP contribution in [0.1, 0.15) is 18.1 Å². The molecule has 1 amide bonds. The minimum atomic E-state index is -0.119. The van der Waals surface area contributed by atoms with E-state index in [2.05, 4.69) is 33.1 Å². The molecule has 23 heavy (non-hydrogen) atoms. The maximum Gasteiger partial charge on any atom is 0.250 e. The van der Waals surface area contributed by atoms with Gasteiger partial charge in [0.05, 0.1) is 11.5 Å². The van der Waals surface area contributed by atoms with Gasteiger partial charge in [-0.05, 0) is 58.8 Å². The number of carbonyl (C=O) groups excluding carboxylic acids is 1. The molecule has 0 aliphatic rings. The second-order valence-electron chi connectivity index (χ2n) is 4.82. The molecular formula is C17H16ClIN2OS. The Morgan fingerprint density at radius 2 is 1.91 bits per heavy atom. The molecule has 3 nitrogen and oxygen atoms in total. The molecule has 0 spiro atoms. The minimum absolute atomic E-state index is 0.119. The van der Waals surface area contributed by atoms with Crippen LogP contribution in [0.4, 0.5) is 0 Å². The highest BCUT2D eigenvalue weighted by molar-refractivity contribution is 14.1. The lowest BCUT2D eigenvalue weighted by Crippen LogP contribution is -2.21. The van der Waals surface area contributed by atoms with Gasteiger partial charge in [0.15, 0.2) is 0 Å². The molecule has 2 rings (SSSR count). The summed E-state index contributed by atoms with van der Waals surface area (Å²) in [6, 6.07) is 15.6. The van der Waals surface area contributed by atoms with Crippen LogP contribution in [-0.4, -0.2) is 17.4 Å². The summed E-state index contributed by atoms with van der Waals surface area (Å²) in [5.74, 6) is 0.925. The monoisotopic (exact) mass is 458 g/mol. The van der Waals surface area contributed by atoms with Crippen LogP contribution in [-0.2, 0) is 10.5 Å². The fourth-order valence-electron chi connectivity index (χ4n) is 1.80. The van der Waals surface area contributed by atoms with E-state index in [1.807, 2.05) is 55.5 Å². The van der Waals surface area contributed by atoms with Crippen molar-refractivity contribution in [3.63, 3.8) is 0 Å². The van der Waals surface area contributed by atoms with Gasteiger partial charge in [0.2, 0.25) is 5.91 Å². The van der Waals surface area contributed by atoms with Crippen LogP contribution in [0.3, 0.4) is 0 Å². The van der Waals surface area contributed by atoms with E-state index in [4.69, 9.17) is 11.6 Å². The normalized spacial score (nSPS) is 11.3. The molecule has 0 radical (unpaired) electrons. The van der Waals surface area contributed by atoms with Gasteiger partial charge in [-0.3, -0.25) is 4.79 Å². The van der Waals surface area contributed by atoms with Crippen molar-refractivity contribution in [2.45, 2.75) is 12.7 Å². The Kier molecular flexibility index (Phi) is 7.39. The van der Waals surface area contributed by atoms with Gasteiger partial charge in [0, 0.05) is 14.3 Å². The summed E-state index contributed by atoms with van der Waals surface area (Å²) in [7, 11) is 0. The molecule has 0 unspecified atom stereocenters. The lowest BCUT2D eigenvalue weighted by Gasteiger charge is -2.05. The van der Waals surface area contributed by atoms with Crippen molar-refractivity contribution in [1.29, 1.82) is 0 Å². The van der Waals surface area contributed by atoms with Gasteiger partial charge >= 0.3 is 0 Å². The third-order valence-electron chi connectivity index (χ3n) is 3.06. The van der Waals surface area contributed by atoms with Crippen molar-refractivity contribution in [1.82, 2.24) is 5.43 Å². The predicted octanol–water partition coefficient (Wildman–Crippen LogP) is 4.72. The van der Waals surface area contributed by atoms with Crippen molar-refractivity contribution < 1.29 is 4.79 Å². The summed E-state index contributed by atoms with van der Waals surface area (Å²) >= 11 is 9.85.